The van der Waals surface area contributed by atoms with Gasteiger partial charge in [-0.05, 0) is 60.5 Å². The first-order chi connectivity index (χ1) is 17.9. The molecule has 3 heterocycles. The molecule has 0 bridgehead atoms. The number of amides is 2. The van der Waals surface area contributed by atoms with Crippen LogP contribution in [0, 0.1) is 17.3 Å². The van der Waals surface area contributed by atoms with Gasteiger partial charge in [-0.25, -0.2) is 0 Å². The smallest absolute Gasteiger partial charge is 0.225 e. The first-order valence-corrected chi connectivity index (χ1v) is 13.8. The van der Waals surface area contributed by atoms with Crippen molar-refractivity contribution in [2.75, 3.05) is 46.4 Å². The first-order valence-electron chi connectivity index (χ1n) is 13.8. The molecule has 3 fully saturated rings. The highest BCUT2D eigenvalue weighted by atomic mass is 16.5. The summed E-state index contributed by atoms with van der Waals surface area (Å²) in [5.41, 5.74) is 2.60. The van der Waals surface area contributed by atoms with Crippen molar-refractivity contribution in [2.45, 2.75) is 45.6 Å². The second-order valence-electron chi connectivity index (χ2n) is 11.8. The van der Waals surface area contributed by atoms with E-state index in [-0.39, 0.29) is 23.1 Å². The second kappa shape index (κ2) is 10.9. The summed E-state index contributed by atoms with van der Waals surface area (Å²) in [5, 5.41) is 0. The van der Waals surface area contributed by atoms with E-state index in [0.717, 1.165) is 63.4 Å². The lowest BCUT2D eigenvalue weighted by molar-refractivity contribution is -0.133. The topological polar surface area (TPSA) is 53.1 Å². The number of hydrogen-bond acceptors (Lipinski definition) is 4. The van der Waals surface area contributed by atoms with Crippen LogP contribution in [0.25, 0.3) is 0 Å². The Morgan fingerprint density at radius 3 is 2.38 bits per heavy atom. The van der Waals surface area contributed by atoms with Crippen molar-refractivity contribution in [3.8, 4) is 5.75 Å². The Kier molecular flexibility index (Phi) is 7.57. The maximum absolute atomic E-state index is 12.9. The van der Waals surface area contributed by atoms with E-state index in [1.54, 1.807) is 7.11 Å². The van der Waals surface area contributed by atoms with Crippen LogP contribution >= 0.6 is 0 Å². The molecule has 0 radical (unpaired) electrons. The number of benzene rings is 2. The van der Waals surface area contributed by atoms with Crippen LogP contribution in [0.3, 0.4) is 0 Å². The molecule has 5 rings (SSSR count). The highest BCUT2D eigenvalue weighted by Gasteiger charge is 2.45. The molecule has 0 aliphatic carbocycles. The Bertz CT molecular complexity index is 1080. The lowest BCUT2D eigenvalue weighted by atomic mass is 9.77. The highest BCUT2D eigenvalue weighted by molar-refractivity contribution is 5.79. The van der Waals surface area contributed by atoms with E-state index < -0.39 is 0 Å². The Balaban J connectivity index is 1.19. The lowest BCUT2D eigenvalue weighted by Crippen LogP contribution is -2.44. The van der Waals surface area contributed by atoms with E-state index >= 15 is 0 Å². The van der Waals surface area contributed by atoms with Crippen LogP contribution in [0.4, 0.5) is 0 Å². The molecule has 0 saturated carbocycles. The normalized spacial score (nSPS) is 23.8. The molecule has 6 nitrogen and oxygen atoms in total. The van der Waals surface area contributed by atoms with Gasteiger partial charge in [-0.3, -0.25) is 9.59 Å². The van der Waals surface area contributed by atoms with Crippen LogP contribution in [0.15, 0.2) is 54.6 Å². The van der Waals surface area contributed by atoms with Crippen molar-refractivity contribution in [1.29, 1.82) is 0 Å². The summed E-state index contributed by atoms with van der Waals surface area (Å²) >= 11 is 0. The van der Waals surface area contributed by atoms with Crippen molar-refractivity contribution in [1.82, 2.24) is 14.7 Å². The van der Waals surface area contributed by atoms with Gasteiger partial charge in [0, 0.05) is 51.0 Å². The van der Waals surface area contributed by atoms with Crippen LogP contribution in [0.5, 0.6) is 5.75 Å². The first kappa shape index (κ1) is 25.8. The minimum Gasteiger partial charge on any atom is -0.497 e. The molecule has 2 unspecified atom stereocenters. The monoisotopic (exact) mass is 503 g/mol. The van der Waals surface area contributed by atoms with Crippen LogP contribution in [0.1, 0.15) is 50.2 Å². The summed E-state index contributed by atoms with van der Waals surface area (Å²) in [6.45, 7) is 10.3. The number of nitrogens with zero attached hydrogens (tertiary/aromatic N) is 3. The third kappa shape index (κ3) is 5.69. The third-order valence-corrected chi connectivity index (χ3v) is 8.82. The second-order valence-corrected chi connectivity index (χ2v) is 11.8. The number of rotatable bonds is 7. The predicted molar refractivity (Wildman–Crippen MR) is 145 cm³/mol. The summed E-state index contributed by atoms with van der Waals surface area (Å²) in [6, 6.07) is 18.8. The summed E-state index contributed by atoms with van der Waals surface area (Å²) < 4.78 is 5.26. The minimum absolute atomic E-state index is 0.0331. The number of likely N-dealkylation sites (tertiary alicyclic amines) is 3. The summed E-state index contributed by atoms with van der Waals surface area (Å²) in [7, 11) is 1.67. The van der Waals surface area contributed by atoms with Gasteiger partial charge in [-0.15, -0.1) is 0 Å². The number of carbonyl (C=O) groups is 2. The average molecular weight is 504 g/mol. The Morgan fingerprint density at radius 1 is 1.03 bits per heavy atom. The molecule has 2 aromatic rings. The van der Waals surface area contributed by atoms with Crippen LogP contribution < -0.4 is 4.74 Å². The van der Waals surface area contributed by atoms with Gasteiger partial charge in [0.1, 0.15) is 5.75 Å². The fourth-order valence-corrected chi connectivity index (χ4v) is 6.63. The zero-order chi connectivity index (χ0) is 26.0. The van der Waals surface area contributed by atoms with Gasteiger partial charge in [0.2, 0.25) is 11.8 Å². The number of piperidine rings is 1. The minimum atomic E-state index is 0.0331. The molecule has 3 aliphatic rings. The van der Waals surface area contributed by atoms with Gasteiger partial charge in [0.25, 0.3) is 0 Å². The molecule has 3 aliphatic heterocycles. The van der Waals surface area contributed by atoms with Crippen molar-refractivity contribution in [3.05, 3.63) is 65.7 Å². The molecule has 6 heteroatoms. The van der Waals surface area contributed by atoms with Crippen LogP contribution in [0.2, 0.25) is 0 Å². The molecular formula is C31H41N3O3. The number of carbonyl (C=O) groups excluding carboxylic acids is 2. The van der Waals surface area contributed by atoms with E-state index in [0.29, 0.717) is 24.8 Å². The third-order valence-electron chi connectivity index (χ3n) is 8.82. The van der Waals surface area contributed by atoms with E-state index in [1.807, 2.05) is 26.0 Å². The number of hydrogen-bond donors (Lipinski definition) is 0. The predicted octanol–water partition coefficient (Wildman–Crippen LogP) is 4.41. The zero-order valence-electron chi connectivity index (χ0n) is 22.6. The molecule has 2 amide bonds. The van der Waals surface area contributed by atoms with Gasteiger partial charge in [0.05, 0.1) is 7.11 Å². The Morgan fingerprint density at radius 2 is 1.73 bits per heavy atom. The standard InChI is InChI=1S/C31H41N3O3/c1-23(2)30(36)33-20-26(28(21-33)25-7-5-4-6-8-25)19-32-15-13-31(14-16-32)17-29(35)34(22-31)18-24-9-11-27(37-3)12-10-24/h4-12,23,26,28H,13-22H2,1-3H3. The number of ether oxygens (including phenoxy) is 1. The molecule has 3 saturated heterocycles. The molecule has 2 aromatic carbocycles. The quantitative estimate of drug-likeness (QED) is 0.562. The van der Waals surface area contributed by atoms with E-state index in [4.69, 9.17) is 4.74 Å². The van der Waals surface area contributed by atoms with Crippen molar-refractivity contribution in [3.63, 3.8) is 0 Å². The largest absolute Gasteiger partial charge is 0.497 e. The van der Waals surface area contributed by atoms with E-state index in [9.17, 15) is 9.59 Å². The average Bonchev–Trinajstić information content (AvgIpc) is 3.46. The van der Waals surface area contributed by atoms with Crippen LogP contribution in [-0.4, -0.2) is 72.9 Å². The molecule has 1 spiro atoms. The Labute approximate surface area is 221 Å². The summed E-state index contributed by atoms with van der Waals surface area (Å²) in [5.74, 6) is 2.25. The molecule has 0 N–H and O–H groups in total. The van der Waals surface area contributed by atoms with E-state index in [1.165, 1.54) is 5.56 Å². The van der Waals surface area contributed by atoms with Crippen molar-refractivity contribution in [2.24, 2.45) is 17.3 Å². The maximum atomic E-state index is 12.9. The maximum Gasteiger partial charge on any atom is 0.225 e. The SMILES string of the molecule is COc1ccc(CN2CC3(CCN(CC4CN(C(=O)C(C)C)CC4c4ccccc4)CC3)CC2=O)cc1. The highest BCUT2D eigenvalue weighted by Crippen LogP contribution is 2.42. The summed E-state index contributed by atoms with van der Waals surface area (Å²) in [6.07, 6.45) is 2.80. The van der Waals surface area contributed by atoms with Crippen molar-refractivity contribution >= 4 is 11.8 Å². The number of methoxy groups -OCH3 is 1. The summed E-state index contributed by atoms with van der Waals surface area (Å²) in [4.78, 5) is 32.5. The van der Waals surface area contributed by atoms with Gasteiger partial charge >= 0.3 is 0 Å². The Hall–Kier alpha value is -2.86. The molecular weight excluding hydrogens is 462 g/mol. The van der Waals surface area contributed by atoms with Gasteiger partial charge in [-0.1, -0.05) is 56.3 Å². The molecule has 2 atom stereocenters. The molecule has 198 valence electrons. The van der Waals surface area contributed by atoms with Gasteiger partial charge in [0.15, 0.2) is 0 Å². The van der Waals surface area contributed by atoms with Gasteiger partial charge < -0.3 is 19.4 Å². The van der Waals surface area contributed by atoms with E-state index in [2.05, 4.69) is 57.2 Å². The zero-order valence-corrected chi connectivity index (χ0v) is 22.6. The van der Waals surface area contributed by atoms with Crippen molar-refractivity contribution < 1.29 is 14.3 Å². The molecule has 0 aromatic heterocycles. The molecule has 37 heavy (non-hydrogen) atoms. The fourth-order valence-electron chi connectivity index (χ4n) is 6.63. The lowest BCUT2D eigenvalue weighted by Gasteiger charge is -2.40. The van der Waals surface area contributed by atoms with Gasteiger partial charge in [-0.2, -0.15) is 0 Å². The van der Waals surface area contributed by atoms with Crippen LogP contribution in [-0.2, 0) is 16.1 Å². The fraction of sp³-hybridized carbons (Fsp3) is 0.548.